The fourth-order valence-electron chi connectivity index (χ4n) is 2.72. The third-order valence-electron chi connectivity index (χ3n) is 3.64. The van der Waals surface area contributed by atoms with Crippen LogP contribution in [0.1, 0.15) is 38.5 Å². The molecule has 1 fully saturated rings. The largest absolute Gasteiger partial charge is 0.368 e. The fourth-order valence-corrected chi connectivity index (χ4v) is 2.98. The van der Waals surface area contributed by atoms with Gasteiger partial charge in [-0.1, -0.05) is 35.2 Å². The minimum absolute atomic E-state index is 0.604. The van der Waals surface area contributed by atoms with Crippen LogP contribution in [0.3, 0.4) is 0 Å². The zero-order chi connectivity index (χ0) is 12.8. The van der Waals surface area contributed by atoms with E-state index in [4.69, 9.17) is 5.26 Å². The Morgan fingerprint density at radius 1 is 1.17 bits per heavy atom. The van der Waals surface area contributed by atoms with Gasteiger partial charge in [0.15, 0.2) is 0 Å². The zero-order valence-electron chi connectivity index (χ0n) is 10.6. The molecule has 96 valence electrons. The van der Waals surface area contributed by atoms with Gasteiger partial charge in [-0.15, -0.1) is 0 Å². The lowest BCUT2D eigenvalue weighted by Gasteiger charge is -2.35. The van der Waals surface area contributed by atoms with Crippen molar-refractivity contribution >= 4 is 21.6 Å². The molecular weight excluding hydrogens is 288 g/mol. The van der Waals surface area contributed by atoms with Gasteiger partial charge in [-0.25, -0.2) is 0 Å². The van der Waals surface area contributed by atoms with Crippen LogP contribution in [-0.4, -0.2) is 12.6 Å². The number of nitrogens with zero attached hydrogens (tertiary/aromatic N) is 2. The number of nitriles is 1. The average Bonchev–Trinajstić information content (AvgIpc) is 2.42. The van der Waals surface area contributed by atoms with E-state index in [0.29, 0.717) is 12.5 Å². The van der Waals surface area contributed by atoms with E-state index in [0.717, 1.165) is 11.0 Å². The van der Waals surface area contributed by atoms with E-state index in [1.807, 2.05) is 0 Å². The predicted octanol–water partition coefficient (Wildman–Crippen LogP) is 4.50. The normalized spacial score (nSPS) is 16.2. The highest BCUT2D eigenvalue weighted by Crippen LogP contribution is 2.28. The van der Waals surface area contributed by atoms with Crippen LogP contribution in [0.4, 0.5) is 5.69 Å². The monoisotopic (exact) mass is 306 g/mol. The zero-order valence-corrected chi connectivity index (χ0v) is 12.2. The number of hydrogen-bond acceptors (Lipinski definition) is 2. The summed E-state index contributed by atoms with van der Waals surface area (Å²) in [6.45, 7) is 0.850. The van der Waals surface area contributed by atoms with E-state index in [-0.39, 0.29) is 0 Å². The van der Waals surface area contributed by atoms with Crippen molar-refractivity contribution in [1.29, 1.82) is 5.26 Å². The summed E-state index contributed by atoms with van der Waals surface area (Å²) in [5, 5.41) is 8.82. The molecule has 1 aromatic rings. The SMILES string of the molecule is N#CCCN(c1ccc(Br)cc1)C1CCCCC1. The molecule has 3 heteroatoms. The summed E-state index contributed by atoms with van der Waals surface area (Å²) in [7, 11) is 0. The first-order valence-electron chi connectivity index (χ1n) is 6.70. The molecule has 1 saturated carbocycles. The lowest BCUT2D eigenvalue weighted by Crippen LogP contribution is -2.37. The van der Waals surface area contributed by atoms with Crippen LogP contribution < -0.4 is 4.90 Å². The van der Waals surface area contributed by atoms with Crippen molar-refractivity contribution in [1.82, 2.24) is 0 Å². The molecule has 0 heterocycles. The standard InChI is InChI=1S/C15H19BrN2/c16-13-7-9-15(10-8-13)18(12-4-11-17)14-5-2-1-3-6-14/h7-10,14H,1-6,12H2. The van der Waals surface area contributed by atoms with Crippen molar-refractivity contribution in [3.8, 4) is 6.07 Å². The second-order valence-corrected chi connectivity index (χ2v) is 5.79. The molecule has 1 aliphatic carbocycles. The van der Waals surface area contributed by atoms with E-state index in [1.165, 1.54) is 37.8 Å². The molecule has 2 nitrogen and oxygen atoms in total. The van der Waals surface area contributed by atoms with Crippen LogP contribution in [-0.2, 0) is 0 Å². The first-order chi connectivity index (χ1) is 8.81. The summed E-state index contributed by atoms with van der Waals surface area (Å²) < 4.78 is 1.11. The molecule has 0 aromatic heterocycles. The quantitative estimate of drug-likeness (QED) is 0.819. The summed E-state index contributed by atoms with van der Waals surface area (Å²) in [6.07, 6.45) is 7.15. The number of rotatable bonds is 4. The summed E-state index contributed by atoms with van der Waals surface area (Å²) in [5.41, 5.74) is 1.25. The molecule has 0 radical (unpaired) electrons. The van der Waals surface area contributed by atoms with Crippen molar-refractivity contribution in [2.75, 3.05) is 11.4 Å². The molecule has 0 atom stereocenters. The van der Waals surface area contributed by atoms with E-state index in [1.54, 1.807) is 0 Å². The lowest BCUT2D eigenvalue weighted by molar-refractivity contribution is 0.416. The van der Waals surface area contributed by atoms with Crippen LogP contribution in [0, 0.1) is 11.3 Å². The smallest absolute Gasteiger partial charge is 0.0640 e. The van der Waals surface area contributed by atoms with E-state index >= 15 is 0 Å². The molecule has 1 aromatic carbocycles. The summed E-state index contributed by atoms with van der Waals surface area (Å²) in [6, 6.07) is 11.3. The summed E-state index contributed by atoms with van der Waals surface area (Å²) >= 11 is 3.47. The number of halogens is 1. The van der Waals surface area contributed by atoms with Crippen molar-refractivity contribution in [3.63, 3.8) is 0 Å². The maximum atomic E-state index is 8.82. The van der Waals surface area contributed by atoms with Crippen molar-refractivity contribution < 1.29 is 0 Å². The topological polar surface area (TPSA) is 27.0 Å². The molecule has 2 rings (SSSR count). The van der Waals surface area contributed by atoms with Gasteiger partial charge in [-0.3, -0.25) is 0 Å². The molecule has 0 aliphatic heterocycles. The van der Waals surface area contributed by atoms with Gasteiger partial charge in [-0.2, -0.15) is 5.26 Å². The van der Waals surface area contributed by atoms with Gasteiger partial charge in [0.25, 0.3) is 0 Å². The van der Waals surface area contributed by atoms with Gasteiger partial charge in [-0.05, 0) is 37.1 Å². The molecule has 18 heavy (non-hydrogen) atoms. The van der Waals surface area contributed by atoms with E-state index in [2.05, 4.69) is 51.2 Å². The molecule has 0 bridgehead atoms. The Hall–Kier alpha value is -1.01. The van der Waals surface area contributed by atoms with Gasteiger partial charge < -0.3 is 4.90 Å². The van der Waals surface area contributed by atoms with Crippen molar-refractivity contribution in [2.24, 2.45) is 0 Å². The van der Waals surface area contributed by atoms with Gasteiger partial charge in [0.2, 0.25) is 0 Å². The Labute approximate surface area is 118 Å². The van der Waals surface area contributed by atoms with E-state index < -0.39 is 0 Å². The molecule has 0 N–H and O–H groups in total. The van der Waals surface area contributed by atoms with Crippen LogP contribution in [0.25, 0.3) is 0 Å². The molecule has 0 spiro atoms. The Kier molecular flexibility index (Phi) is 5.07. The Morgan fingerprint density at radius 2 is 1.83 bits per heavy atom. The second-order valence-electron chi connectivity index (χ2n) is 4.87. The van der Waals surface area contributed by atoms with Crippen molar-refractivity contribution in [3.05, 3.63) is 28.7 Å². The molecule has 0 saturated heterocycles. The summed E-state index contributed by atoms with van der Waals surface area (Å²) in [5.74, 6) is 0. The third-order valence-corrected chi connectivity index (χ3v) is 4.17. The van der Waals surface area contributed by atoms with Crippen LogP contribution in [0.15, 0.2) is 28.7 Å². The minimum atomic E-state index is 0.604. The molecule has 0 amide bonds. The number of hydrogen-bond donors (Lipinski definition) is 0. The maximum absolute atomic E-state index is 8.82. The minimum Gasteiger partial charge on any atom is -0.368 e. The second kappa shape index (κ2) is 6.80. The molecule has 1 aliphatic rings. The highest BCUT2D eigenvalue weighted by Gasteiger charge is 2.20. The van der Waals surface area contributed by atoms with Gasteiger partial charge in [0.05, 0.1) is 12.5 Å². The molecular formula is C15H19BrN2. The fraction of sp³-hybridized carbons (Fsp3) is 0.533. The Bertz CT molecular complexity index is 401. The van der Waals surface area contributed by atoms with Crippen molar-refractivity contribution in [2.45, 2.75) is 44.6 Å². The average molecular weight is 307 g/mol. The van der Waals surface area contributed by atoms with Crippen LogP contribution in [0.2, 0.25) is 0 Å². The van der Waals surface area contributed by atoms with Gasteiger partial charge in [0, 0.05) is 22.7 Å². The van der Waals surface area contributed by atoms with E-state index in [9.17, 15) is 0 Å². The van der Waals surface area contributed by atoms with Gasteiger partial charge >= 0.3 is 0 Å². The highest BCUT2D eigenvalue weighted by molar-refractivity contribution is 9.10. The third kappa shape index (κ3) is 3.49. The first kappa shape index (κ1) is 13.4. The van der Waals surface area contributed by atoms with Gasteiger partial charge in [0.1, 0.15) is 0 Å². The Balaban J connectivity index is 2.13. The first-order valence-corrected chi connectivity index (χ1v) is 7.50. The van der Waals surface area contributed by atoms with Crippen LogP contribution >= 0.6 is 15.9 Å². The lowest BCUT2D eigenvalue weighted by atomic mass is 9.93. The summed E-state index contributed by atoms with van der Waals surface area (Å²) in [4.78, 5) is 2.43. The van der Waals surface area contributed by atoms with Crippen LogP contribution in [0.5, 0.6) is 0 Å². The molecule has 0 unspecified atom stereocenters. The maximum Gasteiger partial charge on any atom is 0.0640 e. The Morgan fingerprint density at radius 3 is 2.44 bits per heavy atom. The highest BCUT2D eigenvalue weighted by atomic mass is 79.9. The number of anilines is 1. The number of benzene rings is 1. The predicted molar refractivity (Wildman–Crippen MR) is 78.6 cm³/mol.